The molecule has 2 amide bonds. The first-order valence-corrected chi connectivity index (χ1v) is 8.72. The molecule has 1 aliphatic heterocycles. The summed E-state index contributed by atoms with van der Waals surface area (Å²) < 4.78 is 10.7. The Morgan fingerprint density at radius 1 is 1.27 bits per heavy atom. The summed E-state index contributed by atoms with van der Waals surface area (Å²) >= 11 is 0. The number of amides is 2. The van der Waals surface area contributed by atoms with Gasteiger partial charge in [0.05, 0.1) is 6.26 Å². The lowest BCUT2D eigenvalue weighted by molar-refractivity contribution is 0.142. The summed E-state index contributed by atoms with van der Waals surface area (Å²) in [5.41, 5.74) is 1.63. The standard InChI is InChI=1S/C19H20N4O3/c1-13-20-18(26-22-13)16-8-2-3-10-23(16)19(24)21-15-7-4-6-14(12-15)17-9-5-11-25-17/h4-7,9,11-12,16H,2-3,8,10H2,1H3,(H,21,24). The highest BCUT2D eigenvalue weighted by Gasteiger charge is 2.32. The number of carbonyl (C=O) groups is 1. The predicted molar refractivity (Wildman–Crippen MR) is 95.5 cm³/mol. The van der Waals surface area contributed by atoms with E-state index in [1.54, 1.807) is 18.1 Å². The lowest BCUT2D eigenvalue weighted by Crippen LogP contribution is -2.41. The fraction of sp³-hybridized carbons (Fsp3) is 0.316. The maximum absolute atomic E-state index is 12.9. The zero-order chi connectivity index (χ0) is 17.9. The number of hydrogen-bond acceptors (Lipinski definition) is 5. The average Bonchev–Trinajstić information content (AvgIpc) is 3.34. The average molecular weight is 352 g/mol. The minimum absolute atomic E-state index is 0.165. The molecule has 0 radical (unpaired) electrons. The SMILES string of the molecule is Cc1noc(C2CCCCN2C(=O)Nc2cccc(-c3ccco3)c2)n1. The molecule has 1 atom stereocenters. The summed E-state index contributed by atoms with van der Waals surface area (Å²) in [5, 5.41) is 6.83. The molecule has 2 aromatic heterocycles. The molecule has 7 nitrogen and oxygen atoms in total. The third kappa shape index (κ3) is 3.33. The van der Waals surface area contributed by atoms with Crippen LogP contribution in [0.1, 0.15) is 37.0 Å². The minimum Gasteiger partial charge on any atom is -0.464 e. The molecule has 7 heteroatoms. The number of rotatable bonds is 3. The van der Waals surface area contributed by atoms with Crippen LogP contribution in [0.3, 0.4) is 0 Å². The molecule has 26 heavy (non-hydrogen) atoms. The second kappa shape index (κ2) is 7.03. The van der Waals surface area contributed by atoms with E-state index < -0.39 is 0 Å². The topological polar surface area (TPSA) is 84.4 Å². The number of furan rings is 1. The molecule has 3 heterocycles. The molecule has 1 saturated heterocycles. The Hall–Kier alpha value is -3.09. The Bertz CT molecular complexity index is 888. The Labute approximate surface area is 151 Å². The molecule has 0 spiro atoms. The molecule has 3 aromatic rings. The van der Waals surface area contributed by atoms with Gasteiger partial charge in [-0.1, -0.05) is 17.3 Å². The first-order valence-electron chi connectivity index (χ1n) is 8.72. The quantitative estimate of drug-likeness (QED) is 0.755. The number of hydrogen-bond donors (Lipinski definition) is 1. The van der Waals surface area contributed by atoms with Crippen molar-refractivity contribution >= 4 is 11.7 Å². The molecular formula is C19H20N4O3. The number of urea groups is 1. The van der Waals surface area contributed by atoms with Crippen LogP contribution in [0.25, 0.3) is 11.3 Å². The number of benzene rings is 1. The summed E-state index contributed by atoms with van der Waals surface area (Å²) in [4.78, 5) is 18.9. The van der Waals surface area contributed by atoms with Gasteiger partial charge in [0.1, 0.15) is 11.8 Å². The van der Waals surface area contributed by atoms with Crippen LogP contribution in [-0.4, -0.2) is 27.6 Å². The summed E-state index contributed by atoms with van der Waals surface area (Å²) in [6.07, 6.45) is 4.44. The first kappa shape index (κ1) is 16.4. The fourth-order valence-electron chi connectivity index (χ4n) is 3.27. The molecule has 1 unspecified atom stereocenters. The number of anilines is 1. The van der Waals surface area contributed by atoms with E-state index in [-0.39, 0.29) is 12.1 Å². The van der Waals surface area contributed by atoms with Crippen molar-refractivity contribution in [2.75, 3.05) is 11.9 Å². The van der Waals surface area contributed by atoms with Crippen LogP contribution in [0, 0.1) is 6.92 Å². The van der Waals surface area contributed by atoms with E-state index in [4.69, 9.17) is 8.94 Å². The van der Waals surface area contributed by atoms with Crippen molar-refractivity contribution in [3.8, 4) is 11.3 Å². The van der Waals surface area contributed by atoms with Crippen molar-refractivity contribution < 1.29 is 13.7 Å². The lowest BCUT2D eigenvalue weighted by Gasteiger charge is -2.33. The fourth-order valence-corrected chi connectivity index (χ4v) is 3.27. The van der Waals surface area contributed by atoms with Crippen molar-refractivity contribution in [2.45, 2.75) is 32.2 Å². The van der Waals surface area contributed by atoms with Crippen LogP contribution in [0.5, 0.6) is 0 Å². The van der Waals surface area contributed by atoms with Gasteiger partial charge in [0, 0.05) is 17.8 Å². The number of likely N-dealkylation sites (tertiary alicyclic amines) is 1. The van der Waals surface area contributed by atoms with Gasteiger partial charge in [-0.2, -0.15) is 4.98 Å². The predicted octanol–water partition coefficient (Wildman–Crippen LogP) is 4.40. The van der Waals surface area contributed by atoms with Gasteiger partial charge in [0.25, 0.3) is 0 Å². The van der Waals surface area contributed by atoms with E-state index in [1.807, 2.05) is 36.4 Å². The molecule has 1 aromatic carbocycles. The normalized spacial score (nSPS) is 17.3. The molecule has 1 aliphatic rings. The van der Waals surface area contributed by atoms with E-state index in [1.165, 1.54) is 0 Å². The maximum atomic E-state index is 12.9. The van der Waals surface area contributed by atoms with Crippen molar-refractivity contribution in [1.29, 1.82) is 0 Å². The highest BCUT2D eigenvalue weighted by atomic mass is 16.5. The van der Waals surface area contributed by atoms with Crippen LogP contribution in [0.15, 0.2) is 51.6 Å². The maximum Gasteiger partial charge on any atom is 0.322 e. The van der Waals surface area contributed by atoms with Crippen molar-refractivity contribution in [3.05, 3.63) is 54.4 Å². The molecule has 1 fully saturated rings. The number of aryl methyl sites for hydroxylation is 1. The highest BCUT2D eigenvalue weighted by Crippen LogP contribution is 2.31. The van der Waals surface area contributed by atoms with Crippen molar-refractivity contribution in [1.82, 2.24) is 15.0 Å². The van der Waals surface area contributed by atoms with Gasteiger partial charge in [0.2, 0.25) is 5.89 Å². The molecule has 4 rings (SSSR count). The van der Waals surface area contributed by atoms with Crippen LogP contribution in [0.4, 0.5) is 10.5 Å². The highest BCUT2D eigenvalue weighted by molar-refractivity contribution is 5.90. The Morgan fingerprint density at radius 3 is 2.96 bits per heavy atom. The van der Waals surface area contributed by atoms with E-state index in [0.717, 1.165) is 36.3 Å². The molecule has 0 aliphatic carbocycles. The molecule has 0 saturated carbocycles. The van der Waals surface area contributed by atoms with Gasteiger partial charge in [-0.3, -0.25) is 0 Å². The zero-order valence-electron chi connectivity index (χ0n) is 14.5. The Balaban J connectivity index is 1.52. The Kier molecular flexibility index (Phi) is 4.43. The molecular weight excluding hydrogens is 332 g/mol. The monoisotopic (exact) mass is 352 g/mol. The van der Waals surface area contributed by atoms with Gasteiger partial charge in [-0.15, -0.1) is 0 Å². The third-order valence-corrected chi connectivity index (χ3v) is 4.51. The minimum atomic E-state index is -0.182. The zero-order valence-corrected chi connectivity index (χ0v) is 14.5. The lowest BCUT2D eigenvalue weighted by atomic mass is 10.0. The summed E-state index contributed by atoms with van der Waals surface area (Å²) in [6, 6.07) is 11.0. The first-order chi connectivity index (χ1) is 12.7. The van der Waals surface area contributed by atoms with Crippen LogP contribution >= 0.6 is 0 Å². The van der Waals surface area contributed by atoms with Crippen molar-refractivity contribution in [2.24, 2.45) is 0 Å². The van der Waals surface area contributed by atoms with Gasteiger partial charge in [-0.25, -0.2) is 4.79 Å². The molecule has 134 valence electrons. The number of nitrogens with zero attached hydrogens (tertiary/aromatic N) is 3. The van der Waals surface area contributed by atoms with Gasteiger partial charge in [-0.05, 0) is 50.5 Å². The van der Waals surface area contributed by atoms with Gasteiger partial charge < -0.3 is 19.2 Å². The van der Waals surface area contributed by atoms with E-state index in [0.29, 0.717) is 18.3 Å². The number of nitrogens with one attached hydrogen (secondary N) is 1. The van der Waals surface area contributed by atoms with E-state index >= 15 is 0 Å². The summed E-state index contributed by atoms with van der Waals surface area (Å²) in [7, 11) is 0. The second-order valence-electron chi connectivity index (χ2n) is 6.37. The molecule has 1 N–H and O–H groups in total. The number of piperidine rings is 1. The Morgan fingerprint density at radius 2 is 2.19 bits per heavy atom. The van der Waals surface area contributed by atoms with Crippen LogP contribution < -0.4 is 5.32 Å². The number of carbonyl (C=O) groups excluding carboxylic acids is 1. The second-order valence-corrected chi connectivity index (χ2v) is 6.37. The van der Waals surface area contributed by atoms with Crippen LogP contribution in [0.2, 0.25) is 0 Å². The van der Waals surface area contributed by atoms with Crippen molar-refractivity contribution in [3.63, 3.8) is 0 Å². The third-order valence-electron chi connectivity index (χ3n) is 4.51. The smallest absolute Gasteiger partial charge is 0.322 e. The van der Waals surface area contributed by atoms with Crippen LogP contribution in [-0.2, 0) is 0 Å². The van der Waals surface area contributed by atoms with Gasteiger partial charge in [0.15, 0.2) is 5.82 Å². The van der Waals surface area contributed by atoms with E-state index in [9.17, 15) is 4.79 Å². The van der Waals surface area contributed by atoms with E-state index in [2.05, 4.69) is 15.5 Å². The largest absolute Gasteiger partial charge is 0.464 e. The number of aromatic nitrogens is 2. The molecule has 0 bridgehead atoms. The summed E-state index contributed by atoms with van der Waals surface area (Å²) in [5.74, 6) is 1.84. The summed E-state index contributed by atoms with van der Waals surface area (Å²) in [6.45, 7) is 2.44. The van der Waals surface area contributed by atoms with Gasteiger partial charge >= 0.3 is 6.03 Å².